The van der Waals surface area contributed by atoms with Crippen molar-refractivity contribution in [1.82, 2.24) is 0 Å². The molecule has 35 heavy (non-hydrogen) atoms. The lowest BCUT2D eigenvalue weighted by Gasteiger charge is -2.18. The maximum absolute atomic E-state index is 12.8. The number of benzene rings is 3. The van der Waals surface area contributed by atoms with Crippen LogP contribution in [-0.2, 0) is 14.6 Å². The standard InChI is InChI=1S/C23H18Cl2F3NO5S/c1-35(32,33)15-8-6-13(7-9-15)17(12-30)22(31)29-14-10-18(24)21(19(25)11-14)16-4-2-3-5-20(16)34-23(26,27)28/h2-11,17,30H,12H2,1H3,(H,29,31)/t17-/m0/s1. The van der Waals surface area contributed by atoms with Crippen LogP contribution in [0.25, 0.3) is 11.1 Å². The first-order valence-corrected chi connectivity index (χ1v) is 12.5. The first-order valence-electron chi connectivity index (χ1n) is 9.86. The second-order valence-electron chi connectivity index (χ2n) is 7.42. The zero-order chi connectivity index (χ0) is 26.0. The zero-order valence-electron chi connectivity index (χ0n) is 17.9. The van der Waals surface area contributed by atoms with Gasteiger partial charge in [0.05, 0.1) is 27.5 Å². The molecule has 3 rings (SSSR count). The van der Waals surface area contributed by atoms with E-state index in [-0.39, 0.29) is 31.8 Å². The number of halogens is 5. The van der Waals surface area contributed by atoms with Crippen molar-refractivity contribution < 1.29 is 36.2 Å². The first kappa shape index (κ1) is 26.8. The van der Waals surface area contributed by atoms with Crippen molar-refractivity contribution in [3.63, 3.8) is 0 Å². The predicted octanol–water partition coefficient (Wildman–Crippen LogP) is 5.68. The van der Waals surface area contributed by atoms with Crippen LogP contribution < -0.4 is 10.1 Å². The predicted molar refractivity (Wildman–Crippen MR) is 127 cm³/mol. The van der Waals surface area contributed by atoms with Gasteiger partial charge in [-0.1, -0.05) is 53.5 Å². The number of hydrogen-bond donors (Lipinski definition) is 2. The van der Waals surface area contributed by atoms with Crippen molar-refractivity contribution in [2.24, 2.45) is 0 Å². The van der Waals surface area contributed by atoms with Gasteiger partial charge in [0, 0.05) is 23.1 Å². The summed E-state index contributed by atoms with van der Waals surface area (Å²) in [5.41, 5.74) is 0.566. The fraction of sp³-hybridized carbons (Fsp3) is 0.174. The Hall–Kier alpha value is -2.79. The van der Waals surface area contributed by atoms with Crippen molar-refractivity contribution >= 4 is 44.6 Å². The normalized spacial score (nSPS) is 12.8. The Bertz CT molecular complexity index is 1320. The van der Waals surface area contributed by atoms with E-state index in [1.807, 2.05) is 0 Å². The van der Waals surface area contributed by atoms with Crippen molar-refractivity contribution in [2.75, 3.05) is 18.2 Å². The number of alkyl halides is 3. The third-order valence-electron chi connectivity index (χ3n) is 4.90. The van der Waals surface area contributed by atoms with Gasteiger partial charge in [-0.05, 0) is 35.9 Å². The highest BCUT2D eigenvalue weighted by molar-refractivity contribution is 7.90. The quantitative estimate of drug-likeness (QED) is 0.397. The van der Waals surface area contributed by atoms with Gasteiger partial charge in [0.25, 0.3) is 0 Å². The number of carbonyl (C=O) groups is 1. The summed E-state index contributed by atoms with van der Waals surface area (Å²) in [6.45, 7) is -0.578. The summed E-state index contributed by atoms with van der Waals surface area (Å²) in [5, 5.41) is 12.2. The fourth-order valence-corrected chi connectivity index (χ4v) is 4.63. The minimum absolute atomic E-state index is 0.00287. The average molecular weight is 548 g/mol. The number of ether oxygens (including phenoxy) is 1. The fourth-order valence-electron chi connectivity index (χ4n) is 3.31. The topological polar surface area (TPSA) is 92.7 Å². The molecule has 0 saturated heterocycles. The summed E-state index contributed by atoms with van der Waals surface area (Å²) in [7, 11) is -3.43. The Kier molecular flexibility index (Phi) is 8.00. The smallest absolute Gasteiger partial charge is 0.405 e. The molecule has 0 spiro atoms. The van der Waals surface area contributed by atoms with Crippen LogP contribution in [0.15, 0.2) is 65.6 Å². The SMILES string of the molecule is CS(=O)(=O)c1ccc([C@H](CO)C(=O)Nc2cc(Cl)c(-c3ccccc3OC(F)(F)F)c(Cl)c2)cc1. The van der Waals surface area contributed by atoms with Gasteiger partial charge in [-0.3, -0.25) is 4.79 Å². The molecule has 12 heteroatoms. The van der Waals surface area contributed by atoms with Crippen molar-refractivity contribution in [3.8, 4) is 16.9 Å². The molecule has 186 valence electrons. The molecule has 0 unspecified atom stereocenters. The average Bonchev–Trinajstić information content (AvgIpc) is 2.73. The van der Waals surface area contributed by atoms with Gasteiger partial charge in [-0.2, -0.15) is 0 Å². The molecule has 0 aliphatic carbocycles. The summed E-state index contributed by atoms with van der Waals surface area (Å²) in [6, 6.07) is 13.4. The van der Waals surface area contributed by atoms with Crippen LogP contribution in [0.5, 0.6) is 5.75 Å². The van der Waals surface area contributed by atoms with Crippen molar-refractivity contribution in [1.29, 1.82) is 0 Å². The van der Waals surface area contributed by atoms with Crippen LogP contribution in [0, 0.1) is 0 Å². The van der Waals surface area contributed by atoms with Gasteiger partial charge in [-0.25, -0.2) is 8.42 Å². The minimum Gasteiger partial charge on any atom is -0.405 e. The molecule has 1 atom stereocenters. The van der Waals surface area contributed by atoms with E-state index in [9.17, 15) is 31.5 Å². The molecule has 0 aliphatic rings. The number of amides is 1. The highest BCUT2D eigenvalue weighted by Gasteiger charge is 2.32. The van der Waals surface area contributed by atoms with E-state index in [4.69, 9.17) is 23.2 Å². The second kappa shape index (κ2) is 10.4. The van der Waals surface area contributed by atoms with Crippen LogP contribution in [0.2, 0.25) is 10.0 Å². The number of para-hydroxylation sites is 1. The van der Waals surface area contributed by atoms with Gasteiger partial charge in [-0.15, -0.1) is 13.2 Å². The third-order valence-corrected chi connectivity index (χ3v) is 6.63. The highest BCUT2D eigenvalue weighted by Crippen LogP contribution is 2.42. The largest absolute Gasteiger partial charge is 0.573 e. The molecule has 0 heterocycles. The van der Waals surface area contributed by atoms with E-state index < -0.39 is 40.4 Å². The minimum atomic E-state index is -4.93. The van der Waals surface area contributed by atoms with E-state index in [0.717, 1.165) is 12.3 Å². The Labute approximate surface area is 209 Å². The highest BCUT2D eigenvalue weighted by atomic mass is 35.5. The number of carbonyl (C=O) groups excluding carboxylic acids is 1. The second-order valence-corrected chi connectivity index (χ2v) is 10.3. The van der Waals surface area contributed by atoms with Crippen molar-refractivity contribution in [3.05, 3.63) is 76.3 Å². The number of rotatable bonds is 7. The molecular weight excluding hydrogens is 530 g/mol. The molecule has 0 fully saturated rings. The van der Waals surface area contributed by atoms with Gasteiger partial charge < -0.3 is 15.2 Å². The van der Waals surface area contributed by atoms with Gasteiger partial charge in [0.15, 0.2) is 9.84 Å². The van der Waals surface area contributed by atoms with E-state index in [0.29, 0.717) is 5.56 Å². The summed E-state index contributed by atoms with van der Waals surface area (Å²) in [6.07, 6.45) is -3.88. The van der Waals surface area contributed by atoms with Gasteiger partial charge in [0.2, 0.25) is 5.91 Å². The number of sulfone groups is 1. The molecule has 1 amide bonds. The number of nitrogens with one attached hydrogen (secondary N) is 1. The van der Waals surface area contributed by atoms with Crippen molar-refractivity contribution in [2.45, 2.75) is 17.2 Å². The molecule has 3 aromatic carbocycles. The number of aliphatic hydroxyl groups is 1. The summed E-state index contributed by atoms with van der Waals surface area (Å²) in [5.74, 6) is -2.18. The zero-order valence-corrected chi connectivity index (χ0v) is 20.3. The molecule has 0 aromatic heterocycles. The maximum Gasteiger partial charge on any atom is 0.573 e. The van der Waals surface area contributed by atoms with E-state index in [2.05, 4.69) is 10.1 Å². The van der Waals surface area contributed by atoms with Crippen LogP contribution in [0.1, 0.15) is 11.5 Å². The Morgan fingerprint density at radius 1 is 1.06 bits per heavy atom. The molecule has 2 N–H and O–H groups in total. The van der Waals surface area contributed by atoms with E-state index >= 15 is 0 Å². The first-order chi connectivity index (χ1) is 16.3. The maximum atomic E-state index is 12.8. The monoisotopic (exact) mass is 547 g/mol. The van der Waals surface area contributed by atoms with Gasteiger partial charge in [0.1, 0.15) is 5.75 Å². The number of aliphatic hydroxyl groups excluding tert-OH is 1. The van der Waals surface area contributed by atoms with Crippen LogP contribution in [0.4, 0.5) is 18.9 Å². The summed E-state index contributed by atoms with van der Waals surface area (Å²) >= 11 is 12.6. The van der Waals surface area contributed by atoms with Crippen LogP contribution in [0.3, 0.4) is 0 Å². The van der Waals surface area contributed by atoms with E-state index in [1.165, 1.54) is 54.6 Å². The van der Waals surface area contributed by atoms with Crippen LogP contribution in [-0.4, -0.2) is 38.7 Å². The van der Waals surface area contributed by atoms with E-state index in [1.54, 1.807) is 0 Å². The molecule has 0 aliphatic heterocycles. The Balaban J connectivity index is 1.88. The summed E-state index contributed by atoms with van der Waals surface area (Å²) in [4.78, 5) is 12.9. The molecule has 6 nitrogen and oxygen atoms in total. The third kappa shape index (κ3) is 6.66. The lowest BCUT2D eigenvalue weighted by Crippen LogP contribution is -2.24. The van der Waals surface area contributed by atoms with Crippen LogP contribution >= 0.6 is 23.2 Å². The Morgan fingerprint density at radius 2 is 1.63 bits per heavy atom. The van der Waals surface area contributed by atoms with Gasteiger partial charge >= 0.3 is 6.36 Å². The lowest BCUT2D eigenvalue weighted by molar-refractivity contribution is -0.274. The molecule has 0 radical (unpaired) electrons. The number of hydrogen-bond acceptors (Lipinski definition) is 5. The molecule has 0 saturated carbocycles. The molecular formula is C23H18Cl2F3NO5S. The molecule has 3 aromatic rings. The lowest BCUT2D eigenvalue weighted by atomic mass is 9.99. The molecule has 0 bridgehead atoms. The Morgan fingerprint density at radius 3 is 2.14 bits per heavy atom. The summed E-state index contributed by atoms with van der Waals surface area (Å²) < 4.78 is 65.7. The number of anilines is 1.